The summed E-state index contributed by atoms with van der Waals surface area (Å²) in [7, 11) is 0. The molecule has 164 valence electrons. The number of benzene rings is 1. The number of carbonyl (C=O) groups excluding carboxylic acids is 2. The van der Waals surface area contributed by atoms with Gasteiger partial charge < -0.3 is 15.4 Å². The summed E-state index contributed by atoms with van der Waals surface area (Å²) in [5.74, 6) is 1.53. The molecule has 31 heavy (non-hydrogen) atoms. The first-order chi connectivity index (χ1) is 15.2. The number of nitrogens with one attached hydrogen (secondary N) is 2. The largest absolute Gasteiger partial charge is 0.445 e. The van der Waals surface area contributed by atoms with Gasteiger partial charge in [-0.25, -0.2) is 4.79 Å². The van der Waals surface area contributed by atoms with Crippen LogP contribution in [0.1, 0.15) is 36.7 Å². The molecule has 1 unspecified atom stereocenters. The molecule has 0 aliphatic carbocycles. The Kier molecular flexibility index (Phi) is 8.71. The predicted octanol–water partition coefficient (Wildman–Crippen LogP) is 3.35. The highest BCUT2D eigenvalue weighted by molar-refractivity contribution is 7.98. The Labute approximate surface area is 185 Å². The summed E-state index contributed by atoms with van der Waals surface area (Å²) in [6.45, 7) is 0.584. The smallest absolute Gasteiger partial charge is 0.407 e. The fraction of sp³-hybridized carbons (Fsp3) is 0.364. The van der Waals surface area contributed by atoms with Crippen molar-refractivity contribution in [3.63, 3.8) is 0 Å². The van der Waals surface area contributed by atoms with Gasteiger partial charge >= 0.3 is 6.09 Å². The van der Waals surface area contributed by atoms with Gasteiger partial charge in [0.1, 0.15) is 6.61 Å². The van der Waals surface area contributed by atoms with Crippen LogP contribution in [-0.4, -0.2) is 45.2 Å². The number of hydrogen-bond acceptors (Lipinski definition) is 6. The van der Waals surface area contributed by atoms with Crippen molar-refractivity contribution >= 4 is 29.4 Å². The number of alkyl carbamates (subject to hydrolysis) is 1. The highest BCUT2D eigenvalue weighted by atomic mass is 32.2. The number of aromatic nitrogens is 3. The van der Waals surface area contributed by atoms with Crippen molar-refractivity contribution < 1.29 is 14.3 Å². The zero-order valence-corrected chi connectivity index (χ0v) is 18.3. The van der Waals surface area contributed by atoms with E-state index >= 15 is 0 Å². The second-order valence-electron chi connectivity index (χ2n) is 6.98. The number of amides is 2. The van der Waals surface area contributed by atoms with Gasteiger partial charge in [0.05, 0.1) is 6.04 Å². The Morgan fingerprint density at radius 3 is 2.74 bits per heavy atom. The molecule has 0 bridgehead atoms. The molecule has 2 aromatic heterocycles. The van der Waals surface area contributed by atoms with Crippen LogP contribution in [0, 0.1) is 0 Å². The van der Waals surface area contributed by atoms with E-state index in [4.69, 9.17) is 4.74 Å². The average molecular weight is 442 g/mol. The van der Waals surface area contributed by atoms with Crippen LogP contribution in [-0.2, 0) is 16.1 Å². The van der Waals surface area contributed by atoms with Crippen molar-refractivity contribution in [2.75, 3.05) is 18.6 Å². The second-order valence-corrected chi connectivity index (χ2v) is 7.97. The molecule has 2 amide bonds. The van der Waals surface area contributed by atoms with Gasteiger partial charge in [0, 0.05) is 19.2 Å². The molecule has 0 aliphatic rings. The highest BCUT2D eigenvalue weighted by Gasteiger charge is 2.20. The van der Waals surface area contributed by atoms with E-state index in [1.165, 1.54) is 0 Å². The summed E-state index contributed by atoms with van der Waals surface area (Å²) < 4.78 is 7.06. The number of hydrogen-bond donors (Lipinski definition) is 2. The molecular weight excluding hydrogens is 414 g/mol. The summed E-state index contributed by atoms with van der Waals surface area (Å²) >= 11 is 1.72. The summed E-state index contributed by atoms with van der Waals surface area (Å²) in [4.78, 5) is 24.3. The highest BCUT2D eigenvalue weighted by Crippen LogP contribution is 2.18. The van der Waals surface area contributed by atoms with E-state index in [2.05, 4.69) is 20.8 Å². The van der Waals surface area contributed by atoms with Crippen LogP contribution in [0.3, 0.4) is 0 Å². The normalized spacial score (nSPS) is 11.8. The number of rotatable bonds is 11. The molecule has 9 heteroatoms. The lowest BCUT2D eigenvalue weighted by molar-refractivity contribution is -0.122. The van der Waals surface area contributed by atoms with Crippen LogP contribution >= 0.6 is 11.8 Å². The van der Waals surface area contributed by atoms with Gasteiger partial charge in [-0.15, -0.1) is 10.2 Å². The summed E-state index contributed by atoms with van der Waals surface area (Å²) in [6.07, 6.45) is 5.01. The molecule has 8 nitrogen and oxygen atoms in total. The minimum Gasteiger partial charge on any atom is -0.445 e. The van der Waals surface area contributed by atoms with E-state index in [1.54, 1.807) is 11.8 Å². The molecule has 3 rings (SSSR count). The standard InChI is InChI=1S/C22H27N5O3S/c1-31-15-12-18(21-26-25-19-10-5-6-14-27(19)21)24-20(28)11-7-13-23-22(29)30-16-17-8-3-2-4-9-17/h2-6,8-10,14,18H,7,11-13,15-16H2,1H3,(H,23,29)(H,24,28). The van der Waals surface area contributed by atoms with Gasteiger partial charge in [0.2, 0.25) is 5.91 Å². The Morgan fingerprint density at radius 2 is 1.94 bits per heavy atom. The molecule has 0 saturated heterocycles. The van der Waals surface area contributed by atoms with Gasteiger partial charge in [-0.2, -0.15) is 11.8 Å². The number of ether oxygens (including phenoxy) is 1. The quantitative estimate of drug-likeness (QED) is 0.443. The van der Waals surface area contributed by atoms with Gasteiger partial charge in [0.25, 0.3) is 0 Å². The van der Waals surface area contributed by atoms with Crippen LogP contribution < -0.4 is 10.6 Å². The second kappa shape index (κ2) is 11.9. The molecule has 0 fully saturated rings. The first-order valence-corrected chi connectivity index (χ1v) is 11.6. The fourth-order valence-electron chi connectivity index (χ4n) is 3.08. The SMILES string of the molecule is CSCCC(NC(=O)CCCNC(=O)OCc1ccccc1)c1nnc2ccccn12. The van der Waals surface area contributed by atoms with Crippen LogP contribution in [0.5, 0.6) is 0 Å². The third-order valence-electron chi connectivity index (χ3n) is 4.66. The van der Waals surface area contributed by atoms with E-state index in [-0.39, 0.29) is 18.6 Å². The third-order valence-corrected chi connectivity index (χ3v) is 5.30. The molecule has 2 heterocycles. The van der Waals surface area contributed by atoms with Crippen molar-refractivity contribution in [2.45, 2.75) is 31.9 Å². The summed E-state index contributed by atoms with van der Waals surface area (Å²) in [5, 5.41) is 14.2. The van der Waals surface area contributed by atoms with Crippen molar-refractivity contribution in [3.8, 4) is 0 Å². The van der Waals surface area contributed by atoms with Crippen LogP contribution in [0.15, 0.2) is 54.7 Å². The van der Waals surface area contributed by atoms with E-state index in [9.17, 15) is 9.59 Å². The van der Waals surface area contributed by atoms with Crippen molar-refractivity contribution in [1.82, 2.24) is 25.2 Å². The third kappa shape index (κ3) is 6.99. The van der Waals surface area contributed by atoms with Crippen LogP contribution in [0.25, 0.3) is 5.65 Å². The Hall–Kier alpha value is -3.07. The summed E-state index contributed by atoms with van der Waals surface area (Å²) in [6, 6.07) is 15.0. The first-order valence-electron chi connectivity index (χ1n) is 10.2. The first kappa shape index (κ1) is 22.6. The Morgan fingerprint density at radius 1 is 1.13 bits per heavy atom. The minimum absolute atomic E-state index is 0.0850. The monoisotopic (exact) mass is 441 g/mol. The zero-order chi connectivity index (χ0) is 21.9. The maximum absolute atomic E-state index is 12.5. The van der Waals surface area contributed by atoms with E-state index < -0.39 is 6.09 Å². The van der Waals surface area contributed by atoms with Gasteiger partial charge in [-0.05, 0) is 42.5 Å². The Balaban J connectivity index is 1.43. The number of nitrogens with zero attached hydrogens (tertiary/aromatic N) is 3. The molecule has 0 saturated carbocycles. The average Bonchev–Trinajstić information content (AvgIpc) is 3.23. The molecule has 3 aromatic rings. The van der Waals surface area contributed by atoms with E-state index in [0.29, 0.717) is 19.4 Å². The topological polar surface area (TPSA) is 97.6 Å². The molecular formula is C22H27N5O3S. The van der Waals surface area contributed by atoms with Gasteiger partial charge in [0.15, 0.2) is 11.5 Å². The zero-order valence-electron chi connectivity index (χ0n) is 17.5. The number of fused-ring (bicyclic) bond motifs is 1. The number of pyridine rings is 1. The lowest BCUT2D eigenvalue weighted by atomic mass is 10.2. The number of carbonyl (C=O) groups is 2. The molecule has 1 aromatic carbocycles. The van der Waals surface area contributed by atoms with Gasteiger partial charge in [-0.1, -0.05) is 36.4 Å². The molecule has 0 aliphatic heterocycles. The van der Waals surface area contributed by atoms with Crippen molar-refractivity contribution in [2.24, 2.45) is 0 Å². The molecule has 2 N–H and O–H groups in total. The maximum atomic E-state index is 12.5. The molecule has 1 atom stereocenters. The van der Waals surface area contributed by atoms with E-state index in [1.807, 2.05) is 65.4 Å². The van der Waals surface area contributed by atoms with Crippen molar-refractivity contribution in [1.29, 1.82) is 0 Å². The van der Waals surface area contributed by atoms with Crippen LogP contribution in [0.4, 0.5) is 4.79 Å². The predicted molar refractivity (Wildman–Crippen MR) is 121 cm³/mol. The lowest BCUT2D eigenvalue weighted by Crippen LogP contribution is -2.31. The maximum Gasteiger partial charge on any atom is 0.407 e. The van der Waals surface area contributed by atoms with Gasteiger partial charge in [-0.3, -0.25) is 9.20 Å². The number of thioether (sulfide) groups is 1. The summed E-state index contributed by atoms with van der Waals surface area (Å²) in [5.41, 5.74) is 1.67. The lowest BCUT2D eigenvalue weighted by Gasteiger charge is -2.17. The Bertz CT molecular complexity index is 979. The van der Waals surface area contributed by atoms with Crippen LogP contribution in [0.2, 0.25) is 0 Å². The molecule has 0 spiro atoms. The molecule has 0 radical (unpaired) electrons. The van der Waals surface area contributed by atoms with Crippen molar-refractivity contribution in [3.05, 3.63) is 66.1 Å². The fourth-order valence-corrected chi connectivity index (χ4v) is 3.55. The van der Waals surface area contributed by atoms with E-state index in [0.717, 1.165) is 29.2 Å². The minimum atomic E-state index is -0.489.